The molecule has 0 aliphatic heterocycles. The summed E-state index contributed by atoms with van der Waals surface area (Å²) >= 11 is 0. The quantitative estimate of drug-likeness (QED) is 0.717. The minimum Gasteiger partial charge on any atom is -0.396 e. The lowest BCUT2D eigenvalue weighted by Gasteiger charge is -2.25. The zero-order chi connectivity index (χ0) is 15.0. The van der Waals surface area contributed by atoms with Crippen molar-refractivity contribution in [3.8, 4) is 0 Å². The van der Waals surface area contributed by atoms with Gasteiger partial charge in [-0.2, -0.15) is 0 Å². The normalized spacial score (nSPS) is 12.8. The summed E-state index contributed by atoms with van der Waals surface area (Å²) in [6.45, 7) is 6.85. The number of nitrogens with one attached hydrogen (secondary N) is 2. The van der Waals surface area contributed by atoms with Gasteiger partial charge in [-0.3, -0.25) is 0 Å². The van der Waals surface area contributed by atoms with Crippen molar-refractivity contribution in [1.82, 2.24) is 10.6 Å². The molecule has 0 unspecified atom stereocenters. The highest BCUT2D eigenvalue weighted by Crippen LogP contribution is 2.20. The fraction of sp³-hybridized carbons (Fsp3) is 0.562. The first kappa shape index (κ1) is 16.5. The largest absolute Gasteiger partial charge is 0.396 e. The number of hydrogen-bond acceptors (Lipinski definition) is 2. The van der Waals surface area contributed by atoms with Gasteiger partial charge in [-0.25, -0.2) is 4.79 Å². The molecular weight excluding hydrogens is 252 g/mol. The van der Waals surface area contributed by atoms with Crippen LogP contribution in [0, 0.1) is 5.41 Å². The average molecular weight is 278 g/mol. The van der Waals surface area contributed by atoms with E-state index in [9.17, 15) is 4.79 Å². The van der Waals surface area contributed by atoms with Crippen LogP contribution in [0.15, 0.2) is 30.3 Å². The summed E-state index contributed by atoms with van der Waals surface area (Å²) in [6.07, 6.45) is 1.49. The fourth-order valence-corrected chi connectivity index (χ4v) is 2.07. The van der Waals surface area contributed by atoms with E-state index in [0.717, 1.165) is 6.42 Å². The van der Waals surface area contributed by atoms with E-state index < -0.39 is 0 Å². The predicted octanol–water partition coefficient (Wildman–Crippen LogP) is 2.33. The molecule has 0 aliphatic rings. The lowest BCUT2D eigenvalue weighted by molar-refractivity contribution is 0.224. The Morgan fingerprint density at radius 2 is 1.95 bits per heavy atom. The standard InChI is InChI=1S/C16H26N2O2/c1-13(9-10-19)18-15(20)17-12-16(2,3)11-14-7-5-4-6-8-14/h4-8,13,19H,9-12H2,1-3H3,(H2,17,18,20)/t13-/m1/s1. The van der Waals surface area contributed by atoms with E-state index in [-0.39, 0.29) is 24.1 Å². The molecule has 0 spiro atoms. The number of benzene rings is 1. The summed E-state index contributed by atoms with van der Waals surface area (Å²) in [4.78, 5) is 11.7. The number of rotatable bonds is 7. The van der Waals surface area contributed by atoms with Crippen molar-refractivity contribution in [2.24, 2.45) is 5.41 Å². The Bertz CT molecular complexity index is 404. The number of carbonyl (C=O) groups is 1. The monoisotopic (exact) mass is 278 g/mol. The second kappa shape index (κ2) is 7.90. The van der Waals surface area contributed by atoms with Crippen LogP contribution < -0.4 is 10.6 Å². The Morgan fingerprint density at radius 1 is 1.30 bits per heavy atom. The predicted molar refractivity (Wildman–Crippen MR) is 81.6 cm³/mol. The van der Waals surface area contributed by atoms with Crippen molar-refractivity contribution >= 4 is 6.03 Å². The highest BCUT2D eigenvalue weighted by Gasteiger charge is 2.19. The van der Waals surface area contributed by atoms with E-state index in [2.05, 4.69) is 36.6 Å². The molecule has 0 heterocycles. The molecule has 4 nitrogen and oxygen atoms in total. The molecule has 3 N–H and O–H groups in total. The third kappa shape index (κ3) is 6.57. The van der Waals surface area contributed by atoms with E-state index in [1.807, 2.05) is 25.1 Å². The molecular formula is C16H26N2O2. The fourth-order valence-electron chi connectivity index (χ4n) is 2.07. The third-order valence-corrected chi connectivity index (χ3v) is 3.19. The van der Waals surface area contributed by atoms with Crippen molar-refractivity contribution in [3.63, 3.8) is 0 Å². The van der Waals surface area contributed by atoms with Gasteiger partial charge in [0.05, 0.1) is 0 Å². The molecule has 1 rings (SSSR count). The lowest BCUT2D eigenvalue weighted by atomic mass is 9.86. The van der Waals surface area contributed by atoms with Gasteiger partial charge in [0.25, 0.3) is 0 Å². The maximum atomic E-state index is 11.7. The zero-order valence-electron chi connectivity index (χ0n) is 12.6. The van der Waals surface area contributed by atoms with Crippen LogP contribution in [0.3, 0.4) is 0 Å². The van der Waals surface area contributed by atoms with E-state index in [1.54, 1.807) is 0 Å². The molecule has 0 aliphatic carbocycles. The van der Waals surface area contributed by atoms with Crippen LogP contribution >= 0.6 is 0 Å². The molecule has 20 heavy (non-hydrogen) atoms. The smallest absolute Gasteiger partial charge is 0.315 e. The Kier molecular flexibility index (Phi) is 6.52. The second-order valence-electron chi connectivity index (χ2n) is 6.07. The summed E-state index contributed by atoms with van der Waals surface area (Å²) in [5, 5.41) is 14.5. The van der Waals surface area contributed by atoms with E-state index in [0.29, 0.717) is 13.0 Å². The molecule has 112 valence electrons. The SMILES string of the molecule is C[C@H](CCO)NC(=O)NCC(C)(C)Cc1ccccc1. The highest BCUT2D eigenvalue weighted by molar-refractivity contribution is 5.74. The molecule has 0 fully saturated rings. The van der Waals surface area contributed by atoms with Crippen LogP contribution in [-0.4, -0.2) is 30.3 Å². The van der Waals surface area contributed by atoms with Crippen molar-refractivity contribution < 1.29 is 9.90 Å². The van der Waals surface area contributed by atoms with E-state index in [1.165, 1.54) is 5.56 Å². The van der Waals surface area contributed by atoms with Crippen LogP contribution in [-0.2, 0) is 6.42 Å². The van der Waals surface area contributed by atoms with Crippen LogP contribution in [0.5, 0.6) is 0 Å². The summed E-state index contributed by atoms with van der Waals surface area (Å²) < 4.78 is 0. The van der Waals surface area contributed by atoms with Crippen LogP contribution in [0.2, 0.25) is 0 Å². The van der Waals surface area contributed by atoms with Gasteiger partial charge in [-0.05, 0) is 30.7 Å². The zero-order valence-corrected chi connectivity index (χ0v) is 12.6. The first-order valence-corrected chi connectivity index (χ1v) is 7.12. The highest BCUT2D eigenvalue weighted by atomic mass is 16.3. The van der Waals surface area contributed by atoms with Crippen molar-refractivity contribution in [1.29, 1.82) is 0 Å². The van der Waals surface area contributed by atoms with E-state index in [4.69, 9.17) is 5.11 Å². The molecule has 0 saturated heterocycles. The molecule has 0 bridgehead atoms. The molecule has 1 atom stereocenters. The van der Waals surface area contributed by atoms with Gasteiger partial charge in [0.1, 0.15) is 0 Å². The third-order valence-electron chi connectivity index (χ3n) is 3.19. The maximum absolute atomic E-state index is 11.7. The summed E-state index contributed by atoms with van der Waals surface area (Å²) in [5.74, 6) is 0. The van der Waals surface area contributed by atoms with Gasteiger partial charge in [0.15, 0.2) is 0 Å². The Hall–Kier alpha value is -1.55. The van der Waals surface area contributed by atoms with Crippen LogP contribution in [0.1, 0.15) is 32.8 Å². The van der Waals surface area contributed by atoms with Crippen molar-refractivity contribution in [3.05, 3.63) is 35.9 Å². The molecule has 4 heteroatoms. The number of carbonyl (C=O) groups excluding carboxylic acids is 1. The van der Waals surface area contributed by atoms with Gasteiger partial charge in [0, 0.05) is 19.2 Å². The number of hydrogen-bond donors (Lipinski definition) is 3. The van der Waals surface area contributed by atoms with Gasteiger partial charge in [-0.1, -0.05) is 44.2 Å². The molecule has 0 radical (unpaired) electrons. The Morgan fingerprint density at radius 3 is 2.55 bits per heavy atom. The number of aliphatic hydroxyl groups excluding tert-OH is 1. The van der Waals surface area contributed by atoms with Crippen LogP contribution in [0.25, 0.3) is 0 Å². The summed E-state index contributed by atoms with van der Waals surface area (Å²) in [6, 6.07) is 10.1. The van der Waals surface area contributed by atoms with Crippen molar-refractivity contribution in [2.45, 2.75) is 39.7 Å². The first-order valence-electron chi connectivity index (χ1n) is 7.12. The summed E-state index contributed by atoms with van der Waals surface area (Å²) in [7, 11) is 0. The Labute approximate surface area is 121 Å². The number of amides is 2. The lowest BCUT2D eigenvalue weighted by Crippen LogP contribution is -2.44. The molecule has 1 aromatic rings. The first-order chi connectivity index (χ1) is 9.43. The molecule has 1 aromatic carbocycles. The van der Waals surface area contributed by atoms with Gasteiger partial charge < -0.3 is 15.7 Å². The van der Waals surface area contributed by atoms with Gasteiger partial charge in [-0.15, -0.1) is 0 Å². The van der Waals surface area contributed by atoms with E-state index >= 15 is 0 Å². The minimum atomic E-state index is -0.174. The number of urea groups is 1. The minimum absolute atomic E-state index is 0.00108. The summed E-state index contributed by atoms with van der Waals surface area (Å²) in [5.41, 5.74) is 1.27. The Balaban J connectivity index is 2.37. The maximum Gasteiger partial charge on any atom is 0.315 e. The molecule has 0 aromatic heterocycles. The van der Waals surface area contributed by atoms with Gasteiger partial charge >= 0.3 is 6.03 Å². The van der Waals surface area contributed by atoms with Crippen LogP contribution in [0.4, 0.5) is 4.79 Å². The molecule has 0 saturated carbocycles. The van der Waals surface area contributed by atoms with Crippen molar-refractivity contribution in [2.75, 3.05) is 13.2 Å². The second-order valence-corrected chi connectivity index (χ2v) is 6.07. The topological polar surface area (TPSA) is 61.4 Å². The molecule has 2 amide bonds. The average Bonchev–Trinajstić information content (AvgIpc) is 2.37. The van der Waals surface area contributed by atoms with Gasteiger partial charge in [0.2, 0.25) is 0 Å². The number of aliphatic hydroxyl groups is 1.